The number of likely N-dealkylation sites (tertiary alicyclic amines) is 1. The summed E-state index contributed by atoms with van der Waals surface area (Å²) < 4.78 is 57.6. The van der Waals surface area contributed by atoms with Crippen molar-refractivity contribution in [3.05, 3.63) is 35.1 Å². The molecule has 1 saturated heterocycles. The Kier molecular flexibility index (Phi) is 8.11. The summed E-state index contributed by atoms with van der Waals surface area (Å²) in [5.74, 6) is -1.67. The molecule has 0 radical (unpaired) electrons. The van der Waals surface area contributed by atoms with Crippen LogP contribution in [0.1, 0.15) is 35.2 Å². The van der Waals surface area contributed by atoms with Gasteiger partial charge in [0.05, 0.1) is 17.2 Å². The smallest absolute Gasteiger partial charge is 0.378 e. The molecule has 4 nitrogen and oxygen atoms in total. The fourth-order valence-corrected chi connectivity index (χ4v) is 2.59. The molecule has 2 N–H and O–H groups in total. The molecule has 0 atom stereocenters. The summed E-state index contributed by atoms with van der Waals surface area (Å²) in [6.07, 6.45) is -2.75. The number of nitrogens with two attached hydrogens (primary N) is 1. The molecule has 1 aliphatic heterocycles. The van der Waals surface area contributed by atoms with Crippen molar-refractivity contribution < 1.29 is 27.1 Å². The van der Waals surface area contributed by atoms with Crippen LogP contribution in [0.15, 0.2) is 18.2 Å². The van der Waals surface area contributed by atoms with Gasteiger partial charge in [0.2, 0.25) is 0 Å². The van der Waals surface area contributed by atoms with Crippen molar-refractivity contribution in [3.63, 3.8) is 0 Å². The van der Waals surface area contributed by atoms with E-state index in [4.69, 9.17) is 10.5 Å². The fourth-order valence-electron chi connectivity index (χ4n) is 2.59. The van der Waals surface area contributed by atoms with Crippen LogP contribution in [0.4, 0.5) is 17.6 Å². The minimum absolute atomic E-state index is 0. The Morgan fingerprint density at radius 2 is 1.92 bits per heavy atom. The molecule has 0 bridgehead atoms. The lowest BCUT2D eigenvalue weighted by atomic mass is 10.0. The molecule has 9 heteroatoms. The van der Waals surface area contributed by atoms with E-state index in [1.54, 1.807) is 0 Å². The second-order valence-electron chi connectivity index (χ2n) is 5.70. The summed E-state index contributed by atoms with van der Waals surface area (Å²) in [5.41, 5.74) is 3.80. The number of alkyl halides is 3. The quantitative estimate of drug-likeness (QED) is 0.626. The predicted octanol–water partition coefficient (Wildman–Crippen LogP) is 3.24. The summed E-state index contributed by atoms with van der Waals surface area (Å²) in [7, 11) is 0. The lowest BCUT2D eigenvalue weighted by molar-refractivity contribution is -0.137. The number of piperidine rings is 1. The zero-order valence-electron chi connectivity index (χ0n) is 13.5. The third-order valence-electron chi connectivity index (χ3n) is 3.96. The second kappa shape index (κ2) is 9.35. The van der Waals surface area contributed by atoms with Crippen LogP contribution in [0.2, 0.25) is 0 Å². The van der Waals surface area contributed by atoms with Crippen molar-refractivity contribution in [3.8, 4) is 0 Å². The van der Waals surface area contributed by atoms with E-state index in [1.165, 1.54) is 4.90 Å². The highest BCUT2D eigenvalue weighted by molar-refractivity contribution is 5.94. The van der Waals surface area contributed by atoms with Gasteiger partial charge in [-0.05, 0) is 44.0 Å². The number of carbonyl (C=O) groups excluding carboxylic acids is 1. The normalized spacial score (nSPS) is 15.8. The van der Waals surface area contributed by atoms with E-state index in [0.29, 0.717) is 57.3 Å². The maximum Gasteiger partial charge on any atom is 0.416 e. The Morgan fingerprint density at radius 1 is 1.28 bits per heavy atom. The molecule has 142 valence electrons. The topological polar surface area (TPSA) is 55.6 Å². The van der Waals surface area contributed by atoms with E-state index in [2.05, 4.69) is 0 Å². The molecule has 1 aliphatic rings. The highest BCUT2D eigenvalue weighted by atomic mass is 35.5. The van der Waals surface area contributed by atoms with Gasteiger partial charge in [-0.2, -0.15) is 13.2 Å². The number of hydrogen-bond donors (Lipinski definition) is 1. The third kappa shape index (κ3) is 5.83. The first-order chi connectivity index (χ1) is 11.3. The van der Waals surface area contributed by atoms with Gasteiger partial charge in [0, 0.05) is 19.7 Å². The van der Waals surface area contributed by atoms with Crippen molar-refractivity contribution in [2.45, 2.75) is 31.5 Å². The molecule has 0 spiro atoms. The fraction of sp³-hybridized carbons (Fsp3) is 0.562. The number of carbonyl (C=O) groups is 1. The zero-order chi connectivity index (χ0) is 17.7. The van der Waals surface area contributed by atoms with Crippen molar-refractivity contribution >= 4 is 18.3 Å². The molecule has 2 rings (SSSR count). The molecule has 1 aromatic carbocycles. The maximum absolute atomic E-state index is 13.8. The van der Waals surface area contributed by atoms with Crippen molar-refractivity contribution in [1.29, 1.82) is 0 Å². The number of ether oxygens (including phenoxy) is 1. The van der Waals surface area contributed by atoms with Gasteiger partial charge in [0.25, 0.3) is 5.91 Å². The van der Waals surface area contributed by atoms with E-state index in [1.807, 2.05) is 0 Å². The van der Waals surface area contributed by atoms with Crippen LogP contribution < -0.4 is 5.73 Å². The maximum atomic E-state index is 13.8. The molecule has 25 heavy (non-hydrogen) atoms. The molecule has 0 aliphatic carbocycles. The second-order valence-corrected chi connectivity index (χ2v) is 5.70. The molecule has 1 aromatic rings. The van der Waals surface area contributed by atoms with E-state index >= 15 is 0 Å². The van der Waals surface area contributed by atoms with Gasteiger partial charge in [0.1, 0.15) is 5.82 Å². The number of benzene rings is 1. The first kappa shape index (κ1) is 21.7. The van der Waals surface area contributed by atoms with Crippen LogP contribution in [0, 0.1) is 5.82 Å². The molecule has 0 saturated carbocycles. The SMILES string of the molecule is Cl.NCCCOC1CCN(C(=O)c2cc(C(F)(F)F)ccc2F)CC1. The zero-order valence-corrected chi connectivity index (χ0v) is 14.3. The number of halogens is 5. The summed E-state index contributed by atoms with van der Waals surface area (Å²) in [5, 5.41) is 0. The van der Waals surface area contributed by atoms with Gasteiger partial charge in [-0.15, -0.1) is 12.4 Å². The molecule has 1 fully saturated rings. The Hall–Kier alpha value is -1.38. The van der Waals surface area contributed by atoms with E-state index in [9.17, 15) is 22.4 Å². The number of nitrogens with zero attached hydrogens (tertiary/aromatic N) is 1. The highest BCUT2D eigenvalue weighted by Crippen LogP contribution is 2.31. The number of rotatable bonds is 5. The van der Waals surface area contributed by atoms with Gasteiger partial charge in [-0.3, -0.25) is 4.79 Å². The van der Waals surface area contributed by atoms with E-state index < -0.39 is 29.0 Å². The summed E-state index contributed by atoms with van der Waals surface area (Å²) in [6.45, 7) is 1.72. The summed E-state index contributed by atoms with van der Waals surface area (Å²) in [6, 6.07) is 1.88. The van der Waals surface area contributed by atoms with Gasteiger partial charge >= 0.3 is 6.18 Å². The number of hydrogen-bond acceptors (Lipinski definition) is 3. The Morgan fingerprint density at radius 3 is 2.48 bits per heavy atom. The third-order valence-corrected chi connectivity index (χ3v) is 3.96. The van der Waals surface area contributed by atoms with Crippen LogP contribution in [-0.4, -0.2) is 43.2 Å². The standard InChI is InChI=1S/C16H20F4N2O2.ClH/c17-14-3-2-11(16(18,19)20)10-13(14)15(23)22-7-4-12(5-8-22)24-9-1-6-21;/h2-3,10,12H,1,4-9,21H2;1H. The van der Waals surface area contributed by atoms with Crippen LogP contribution in [-0.2, 0) is 10.9 Å². The molecule has 1 amide bonds. The first-order valence-electron chi connectivity index (χ1n) is 7.80. The minimum atomic E-state index is -4.62. The van der Waals surface area contributed by atoms with E-state index in [-0.39, 0.29) is 18.5 Å². The number of amides is 1. The predicted molar refractivity (Wildman–Crippen MR) is 87.2 cm³/mol. The molecular weight excluding hydrogens is 364 g/mol. The highest BCUT2D eigenvalue weighted by Gasteiger charge is 2.33. The Labute approximate surface area is 149 Å². The molecule has 0 aromatic heterocycles. The summed E-state index contributed by atoms with van der Waals surface area (Å²) in [4.78, 5) is 13.7. The largest absolute Gasteiger partial charge is 0.416 e. The van der Waals surface area contributed by atoms with Gasteiger partial charge < -0.3 is 15.4 Å². The Bertz CT molecular complexity index is 576. The average Bonchev–Trinajstić information content (AvgIpc) is 2.54. The van der Waals surface area contributed by atoms with Gasteiger partial charge in [-0.1, -0.05) is 0 Å². The lowest BCUT2D eigenvalue weighted by Crippen LogP contribution is -2.41. The Balaban J connectivity index is 0.00000312. The lowest BCUT2D eigenvalue weighted by Gasteiger charge is -2.32. The van der Waals surface area contributed by atoms with Crippen LogP contribution in [0.3, 0.4) is 0 Å². The first-order valence-corrected chi connectivity index (χ1v) is 7.80. The van der Waals surface area contributed by atoms with Crippen LogP contribution >= 0.6 is 12.4 Å². The molecule has 1 heterocycles. The van der Waals surface area contributed by atoms with Crippen molar-refractivity contribution in [2.24, 2.45) is 5.73 Å². The van der Waals surface area contributed by atoms with Gasteiger partial charge in [-0.25, -0.2) is 4.39 Å². The molecule has 0 unspecified atom stereocenters. The van der Waals surface area contributed by atoms with Crippen molar-refractivity contribution in [1.82, 2.24) is 4.90 Å². The van der Waals surface area contributed by atoms with Crippen molar-refractivity contribution in [2.75, 3.05) is 26.2 Å². The van der Waals surface area contributed by atoms with Gasteiger partial charge in [0.15, 0.2) is 0 Å². The summed E-state index contributed by atoms with van der Waals surface area (Å²) >= 11 is 0. The minimum Gasteiger partial charge on any atom is -0.378 e. The van der Waals surface area contributed by atoms with Crippen LogP contribution in [0.25, 0.3) is 0 Å². The average molecular weight is 385 g/mol. The van der Waals surface area contributed by atoms with E-state index in [0.717, 1.165) is 6.42 Å². The molecular formula is C16H21ClF4N2O2. The monoisotopic (exact) mass is 384 g/mol. The van der Waals surface area contributed by atoms with Crippen LogP contribution in [0.5, 0.6) is 0 Å².